The molecule has 2 aromatic carbocycles. The maximum absolute atomic E-state index is 13.2. The van der Waals surface area contributed by atoms with Gasteiger partial charge in [-0.15, -0.1) is 0 Å². The van der Waals surface area contributed by atoms with Gasteiger partial charge in [0.05, 0.1) is 6.04 Å². The van der Waals surface area contributed by atoms with E-state index in [0.29, 0.717) is 12.8 Å². The topological polar surface area (TPSA) is 57.6 Å². The van der Waals surface area contributed by atoms with Crippen LogP contribution in [0.25, 0.3) is 0 Å². The van der Waals surface area contributed by atoms with E-state index in [9.17, 15) is 14.7 Å². The number of amides is 1. The Kier molecular flexibility index (Phi) is 4.86. The molecule has 0 bridgehead atoms. The van der Waals surface area contributed by atoms with Crippen LogP contribution in [-0.4, -0.2) is 27.9 Å². The molecular weight excluding hydrogens is 326 g/mol. The first-order valence-corrected chi connectivity index (χ1v) is 8.96. The van der Waals surface area contributed by atoms with Crippen LogP contribution < -0.4 is 0 Å². The van der Waals surface area contributed by atoms with E-state index in [1.165, 1.54) is 0 Å². The van der Waals surface area contributed by atoms with E-state index in [2.05, 4.69) is 0 Å². The van der Waals surface area contributed by atoms with Gasteiger partial charge in [-0.3, -0.25) is 4.79 Å². The summed E-state index contributed by atoms with van der Waals surface area (Å²) in [6.45, 7) is 5.52. The van der Waals surface area contributed by atoms with Gasteiger partial charge in [0, 0.05) is 11.8 Å². The average Bonchev–Trinajstić information content (AvgIpc) is 2.61. The third kappa shape index (κ3) is 3.50. The molecule has 1 N–H and O–H groups in total. The smallest absolute Gasteiger partial charge is 0.326 e. The predicted molar refractivity (Wildman–Crippen MR) is 101 cm³/mol. The molecular formula is C22H25NO3. The Balaban J connectivity index is 2.11. The molecule has 4 heteroatoms. The summed E-state index contributed by atoms with van der Waals surface area (Å²) >= 11 is 0. The first-order chi connectivity index (χ1) is 12.3. The molecule has 2 aromatic rings. The molecule has 0 fully saturated rings. The highest BCUT2D eigenvalue weighted by Crippen LogP contribution is 2.38. The van der Waals surface area contributed by atoms with Crippen molar-refractivity contribution in [2.75, 3.05) is 0 Å². The zero-order valence-corrected chi connectivity index (χ0v) is 15.5. The second kappa shape index (κ2) is 6.94. The molecule has 0 saturated carbocycles. The number of carbonyl (C=O) groups is 2. The molecule has 0 aliphatic carbocycles. The maximum Gasteiger partial charge on any atom is 0.326 e. The van der Waals surface area contributed by atoms with Crippen LogP contribution in [0.3, 0.4) is 0 Å². The van der Waals surface area contributed by atoms with Crippen LogP contribution in [-0.2, 0) is 22.4 Å². The number of hydrogen-bond donors (Lipinski definition) is 1. The van der Waals surface area contributed by atoms with Crippen molar-refractivity contribution >= 4 is 11.9 Å². The maximum atomic E-state index is 13.2. The minimum atomic E-state index is -0.949. The van der Waals surface area contributed by atoms with Crippen LogP contribution in [0, 0.1) is 5.41 Å². The number of hydrogen-bond acceptors (Lipinski definition) is 2. The SMILES string of the molecule is CC(C)(C)C(=O)N1C(C(=O)O)Cc2ccccc2C1Cc1ccccc1. The summed E-state index contributed by atoms with van der Waals surface area (Å²) in [5.74, 6) is -1.07. The Labute approximate surface area is 154 Å². The van der Waals surface area contributed by atoms with Gasteiger partial charge in [-0.1, -0.05) is 75.4 Å². The second-order valence-corrected chi connectivity index (χ2v) is 7.92. The van der Waals surface area contributed by atoms with E-state index in [4.69, 9.17) is 0 Å². The Morgan fingerprint density at radius 3 is 2.27 bits per heavy atom. The lowest BCUT2D eigenvalue weighted by molar-refractivity contribution is -0.157. The molecule has 0 aromatic heterocycles. The predicted octanol–water partition coefficient (Wildman–Crippen LogP) is 3.85. The molecule has 26 heavy (non-hydrogen) atoms. The van der Waals surface area contributed by atoms with E-state index >= 15 is 0 Å². The largest absolute Gasteiger partial charge is 0.480 e. The summed E-state index contributed by atoms with van der Waals surface area (Å²) in [5, 5.41) is 9.84. The van der Waals surface area contributed by atoms with Crippen molar-refractivity contribution in [3.63, 3.8) is 0 Å². The lowest BCUT2D eigenvalue weighted by Gasteiger charge is -2.44. The fourth-order valence-electron chi connectivity index (χ4n) is 3.64. The van der Waals surface area contributed by atoms with E-state index in [1.54, 1.807) is 4.90 Å². The summed E-state index contributed by atoms with van der Waals surface area (Å²) in [6, 6.07) is 16.7. The molecule has 1 aliphatic heterocycles. The van der Waals surface area contributed by atoms with E-state index < -0.39 is 17.4 Å². The lowest BCUT2D eigenvalue weighted by Crippen LogP contribution is -2.54. The molecule has 0 radical (unpaired) electrons. The Morgan fingerprint density at radius 1 is 1.04 bits per heavy atom. The van der Waals surface area contributed by atoms with Crippen LogP contribution in [0.4, 0.5) is 0 Å². The van der Waals surface area contributed by atoms with Gasteiger partial charge in [-0.25, -0.2) is 4.79 Å². The van der Waals surface area contributed by atoms with Crippen molar-refractivity contribution in [3.8, 4) is 0 Å². The number of aliphatic carboxylic acids is 1. The Hall–Kier alpha value is -2.62. The zero-order valence-electron chi connectivity index (χ0n) is 15.5. The molecule has 2 unspecified atom stereocenters. The van der Waals surface area contributed by atoms with Crippen molar-refractivity contribution in [1.29, 1.82) is 0 Å². The number of rotatable bonds is 3. The van der Waals surface area contributed by atoms with Crippen molar-refractivity contribution in [2.45, 2.75) is 45.7 Å². The third-order valence-electron chi connectivity index (χ3n) is 4.93. The van der Waals surface area contributed by atoms with Crippen LogP contribution in [0.1, 0.15) is 43.5 Å². The van der Waals surface area contributed by atoms with E-state index in [-0.39, 0.29) is 11.9 Å². The first kappa shape index (κ1) is 18.2. The number of carboxylic acids is 1. The zero-order chi connectivity index (χ0) is 18.9. The molecule has 1 aliphatic rings. The number of benzene rings is 2. The van der Waals surface area contributed by atoms with Crippen LogP contribution in [0.2, 0.25) is 0 Å². The molecule has 2 atom stereocenters. The fraction of sp³-hybridized carbons (Fsp3) is 0.364. The highest BCUT2D eigenvalue weighted by atomic mass is 16.4. The van der Waals surface area contributed by atoms with Gasteiger partial charge in [-0.05, 0) is 23.1 Å². The highest BCUT2D eigenvalue weighted by Gasteiger charge is 2.43. The van der Waals surface area contributed by atoms with Gasteiger partial charge in [0.25, 0.3) is 0 Å². The van der Waals surface area contributed by atoms with Gasteiger partial charge in [0.15, 0.2) is 0 Å². The monoisotopic (exact) mass is 351 g/mol. The Morgan fingerprint density at radius 2 is 1.65 bits per heavy atom. The Bertz CT molecular complexity index is 808. The molecule has 4 nitrogen and oxygen atoms in total. The van der Waals surface area contributed by atoms with Gasteiger partial charge in [-0.2, -0.15) is 0 Å². The van der Waals surface area contributed by atoms with Crippen LogP contribution >= 0.6 is 0 Å². The van der Waals surface area contributed by atoms with Crippen molar-refractivity contribution < 1.29 is 14.7 Å². The number of carbonyl (C=O) groups excluding carboxylic acids is 1. The molecule has 1 amide bonds. The number of nitrogens with zero attached hydrogens (tertiary/aromatic N) is 1. The van der Waals surface area contributed by atoms with Gasteiger partial charge >= 0.3 is 5.97 Å². The summed E-state index contributed by atoms with van der Waals surface area (Å²) in [4.78, 5) is 26.8. The summed E-state index contributed by atoms with van der Waals surface area (Å²) in [5.41, 5.74) is 2.50. The molecule has 1 heterocycles. The van der Waals surface area contributed by atoms with E-state index in [0.717, 1.165) is 16.7 Å². The van der Waals surface area contributed by atoms with Gasteiger partial charge in [0.1, 0.15) is 6.04 Å². The minimum Gasteiger partial charge on any atom is -0.480 e. The van der Waals surface area contributed by atoms with Crippen molar-refractivity contribution in [2.24, 2.45) is 5.41 Å². The van der Waals surface area contributed by atoms with Gasteiger partial charge < -0.3 is 10.0 Å². The third-order valence-corrected chi connectivity index (χ3v) is 4.93. The van der Waals surface area contributed by atoms with Crippen molar-refractivity contribution in [1.82, 2.24) is 4.90 Å². The van der Waals surface area contributed by atoms with Crippen LogP contribution in [0.5, 0.6) is 0 Å². The van der Waals surface area contributed by atoms with Crippen molar-refractivity contribution in [3.05, 3.63) is 71.3 Å². The second-order valence-electron chi connectivity index (χ2n) is 7.92. The molecule has 0 spiro atoms. The minimum absolute atomic E-state index is 0.125. The first-order valence-electron chi connectivity index (χ1n) is 8.96. The van der Waals surface area contributed by atoms with Crippen LogP contribution in [0.15, 0.2) is 54.6 Å². The quantitative estimate of drug-likeness (QED) is 0.914. The normalized spacial score (nSPS) is 19.7. The summed E-state index contributed by atoms with van der Waals surface area (Å²) in [7, 11) is 0. The number of fused-ring (bicyclic) bond motifs is 1. The summed E-state index contributed by atoms with van der Waals surface area (Å²) in [6.07, 6.45) is 0.946. The average molecular weight is 351 g/mol. The standard InChI is InChI=1S/C22H25NO3/c1-22(2,3)21(26)23-18(13-15-9-5-4-6-10-15)17-12-8-7-11-16(17)14-19(23)20(24)25/h4-12,18-19H,13-14H2,1-3H3,(H,24,25). The van der Waals surface area contributed by atoms with Gasteiger partial charge in [0.2, 0.25) is 5.91 Å². The molecule has 136 valence electrons. The fourth-order valence-corrected chi connectivity index (χ4v) is 3.64. The summed E-state index contributed by atoms with van der Waals surface area (Å²) < 4.78 is 0. The molecule has 0 saturated heterocycles. The van der Waals surface area contributed by atoms with E-state index in [1.807, 2.05) is 75.4 Å². The lowest BCUT2D eigenvalue weighted by atomic mass is 9.82. The highest BCUT2D eigenvalue weighted by molar-refractivity contribution is 5.88. The number of carboxylic acid groups (broad SMARTS) is 1. The molecule has 3 rings (SSSR count).